The highest BCUT2D eigenvalue weighted by atomic mass is 32.2. The summed E-state index contributed by atoms with van der Waals surface area (Å²) in [5.74, 6) is 3.55. The summed E-state index contributed by atoms with van der Waals surface area (Å²) in [7, 11) is 0. The highest BCUT2D eigenvalue weighted by molar-refractivity contribution is 7.99. The van der Waals surface area contributed by atoms with Crippen LogP contribution in [-0.2, 0) is 4.74 Å². The van der Waals surface area contributed by atoms with Crippen LogP contribution in [0.25, 0.3) is 0 Å². The minimum Gasteiger partial charge on any atom is -0.375 e. The summed E-state index contributed by atoms with van der Waals surface area (Å²) in [6.07, 6.45) is 10.7. The normalized spacial score (nSPS) is 39.3. The first-order chi connectivity index (χ1) is 9.26. The lowest BCUT2D eigenvalue weighted by molar-refractivity contribution is -0.0946. The number of thioether (sulfide) groups is 1. The van der Waals surface area contributed by atoms with Gasteiger partial charge in [-0.3, -0.25) is 0 Å². The van der Waals surface area contributed by atoms with Gasteiger partial charge in [-0.15, -0.1) is 0 Å². The molecule has 2 nitrogen and oxygen atoms in total. The van der Waals surface area contributed by atoms with Crippen molar-refractivity contribution < 1.29 is 4.74 Å². The zero-order chi connectivity index (χ0) is 13.1. The third-order valence-electron chi connectivity index (χ3n) is 5.38. The van der Waals surface area contributed by atoms with E-state index in [9.17, 15) is 0 Å². The van der Waals surface area contributed by atoms with E-state index in [0.717, 1.165) is 24.6 Å². The van der Waals surface area contributed by atoms with Crippen LogP contribution in [0.3, 0.4) is 0 Å². The summed E-state index contributed by atoms with van der Waals surface area (Å²) >= 11 is 2.10. The fourth-order valence-corrected chi connectivity index (χ4v) is 5.26. The van der Waals surface area contributed by atoms with E-state index in [1.807, 2.05) is 0 Å². The number of hydrogen-bond donors (Lipinski definition) is 1. The molecule has 1 atom stereocenters. The molecule has 3 aliphatic rings. The van der Waals surface area contributed by atoms with Crippen molar-refractivity contribution in [3.05, 3.63) is 0 Å². The van der Waals surface area contributed by atoms with Crippen LogP contribution in [0.2, 0.25) is 0 Å². The molecule has 0 aromatic rings. The molecule has 0 radical (unpaired) electrons. The second-order valence-electron chi connectivity index (χ2n) is 6.96. The molecular weight excluding hydrogens is 254 g/mol. The second kappa shape index (κ2) is 6.36. The van der Waals surface area contributed by atoms with E-state index in [-0.39, 0.29) is 5.60 Å². The highest BCUT2D eigenvalue weighted by Gasteiger charge is 2.39. The molecule has 110 valence electrons. The topological polar surface area (TPSA) is 21.3 Å². The summed E-state index contributed by atoms with van der Waals surface area (Å²) < 4.78 is 6.19. The van der Waals surface area contributed by atoms with Gasteiger partial charge in [0.15, 0.2) is 0 Å². The monoisotopic (exact) mass is 283 g/mol. The lowest BCUT2D eigenvalue weighted by Gasteiger charge is -2.44. The Morgan fingerprint density at radius 1 is 1.00 bits per heavy atom. The first-order valence-electron chi connectivity index (χ1n) is 8.24. The van der Waals surface area contributed by atoms with Gasteiger partial charge in [0, 0.05) is 18.7 Å². The average molecular weight is 283 g/mol. The Labute approximate surface area is 122 Å². The minimum atomic E-state index is 0.239. The van der Waals surface area contributed by atoms with Crippen molar-refractivity contribution in [3.63, 3.8) is 0 Å². The molecule has 0 aromatic carbocycles. The van der Waals surface area contributed by atoms with E-state index in [1.54, 1.807) is 0 Å². The smallest absolute Gasteiger partial charge is 0.0713 e. The Morgan fingerprint density at radius 2 is 1.74 bits per heavy atom. The van der Waals surface area contributed by atoms with Gasteiger partial charge in [-0.2, -0.15) is 11.8 Å². The second-order valence-corrected chi connectivity index (χ2v) is 8.18. The molecule has 1 saturated carbocycles. The fraction of sp³-hybridized carbons (Fsp3) is 1.00. The summed E-state index contributed by atoms with van der Waals surface area (Å²) in [6.45, 7) is 3.38. The van der Waals surface area contributed by atoms with Gasteiger partial charge in [-0.25, -0.2) is 0 Å². The highest BCUT2D eigenvalue weighted by Crippen LogP contribution is 2.38. The molecule has 2 aliphatic heterocycles. The minimum absolute atomic E-state index is 0.239. The first kappa shape index (κ1) is 14.2. The Kier molecular flexibility index (Phi) is 4.76. The van der Waals surface area contributed by atoms with E-state index >= 15 is 0 Å². The van der Waals surface area contributed by atoms with Crippen molar-refractivity contribution in [1.29, 1.82) is 0 Å². The molecule has 3 rings (SSSR count). The molecule has 0 amide bonds. The third kappa shape index (κ3) is 3.68. The molecule has 1 unspecified atom stereocenters. The standard InChI is InChI=1S/C16H29NOS/c1-13-2-4-14(5-3-13)17-15-6-9-18-16(12-15)7-10-19-11-8-16/h13-15,17H,2-12H2,1H3. The quantitative estimate of drug-likeness (QED) is 0.836. The Morgan fingerprint density at radius 3 is 2.47 bits per heavy atom. The Balaban J connectivity index is 1.50. The van der Waals surface area contributed by atoms with E-state index in [1.165, 1.54) is 62.9 Å². The lowest BCUT2D eigenvalue weighted by atomic mass is 9.83. The van der Waals surface area contributed by atoms with Gasteiger partial charge >= 0.3 is 0 Å². The third-order valence-corrected chi connectivity index (χ3v) is 6.37. The van der Waals surface area contributed by atoms with Crippen molar-refractivity contribution in [3.8, 4) is 0 Å². The molecular formula is C16H29NOS. The number of hydrogen-bond acceptors (Lipinski definition) is 3. The van der Waals surface area contributed by atoms with Crippen molar-refractivity contribution in [2.24, 2.45) is 5.92 Å². The van der Waals surface area contributed by atoms with Crippen molar-refractivity contribution in [1.82, 2.24) is 5.32 Å². The Hall–Kier alpha value is 0.270. The lowest BCUT2D eigenvalue weighted by Crippen LogP contribution is -2.51. The predicted octanol–water partition coefficient (Wildman–Crippen LogP) is 3.60. The molecule has 0 aromatic heterocycles. The molecule has 1 N–H and O–H groups in total. The fourth-order valence-electron chi connectivity index (χ4n) is 4.02. The van der Waals surface area contributed by atoms with Crippen LogP contribution < -0.4 is 5.32 Å². The predicted molar refractivity (Wildman–Crippen MR) is 82.8 cm³/mol. The maximum Gasteiger partial charge on any atom is 0.0713 e. The van der Waals surface area contributed by atoms with Crippen LogP contribution in [0.1, 0.15) is 58.3 Å². The van der Waals surface area contributed by atoms with Gasteiger partial charge in [0.1, 0.15) is 0 Å². The maximum absolute atomic E-state index is 6.19. The molecule has 1 aliphatic carbocycles. The summed E-state index contributed by atoms with van der Waals surface area (Å²) in [5, 5.41) is 3.96. The van der Waals surface area contributed by atoms with E-state index < -0.39 is 0 Å². The maximum atomic E-state index is 6.19. The van der Waals surface area contributed by atoms with E-state index in [0.29, 0.717) is 0 Å². The van der Waals surface area contributed by atoms with Crippen LogP contribution in [0.5, 0.6) is 0 Å². The Bertz CT molecular complexity index is 277. The summed E-state index contributed by atoms with van der Waals surface area (Å²) in [4.78, 5) is 0. The average Bonchev–Trinajstić information content (AvgIpc) is 2.42. The zero-order valence-electron chi connectivity index (χ0n) is 12.3. The largest absolute Gasteiger partial charge is 0.375 e. The molecule has 1 spiro atoms. The molecule has 19 heavy (non-hydrogen) atoms. The van der Waals surface area contributed by atoms with Crippen LogP contribution in [0.15, 0.2) is 0 Å². The molecule has 3 heteroatoms. The summed E-state index contributed by atoms with van der Waals surface area (Å²) in [6, 6.07) is 1.50. The van der Waals surface area contributed by atoms with Gasteiger partial charge in [0.25, 0.3) is 0 Å². The van der Waals surface area contributed by atoms with Gasteiger partial charge < -0.3 is 10.1 Å². The van der Waals surface area contributed by atoms with Crippen molar-refractivity contribution in [2.75, 3.05) is 18.1 Å². The van der Waals surface area contributed by atoms with Gasteiger partial charge in [-0.05, 0) is 68.8 Å². The first-order valence-corrected chi connectivity index (χ1v) is 9.39. The van der Waals surface area contributed by atoms with Crippen molar-refractivity contribution in [2.45, 2.75) is 76.0 Å². The van der Waals surface area contributed by atoms with Gasteiger partial charge in [0.2, 0.25) is 0 Å². The van der Waals surface area contributed by atoms with Crippen molar-refractivity contribution >= 4 is 11.8 Å². The molecule has 2 saturated heterocycles. The molecule has 2 heterocycles. The van der Waals surface area contributed by atoms with E-state index in [4.69, 9.17) is 4.74 Å². The number of rotatable bonds is 2. The number of nitrogens with one attached hydrogen (secondary N) is 1. The van der Waals surface area contributed by atoms with Gasteiger partial charge in [-0.1, -0.05) is 6.92 Å². The van der Waals surface area contributed by atoms with E-state index in [2.05, 4.69) is 24.0 Å². The molecule has 3 fully saturated rings. The summed E-state index contributed by atoms with van der Waals surface area (Å²) in [5.41, 5.74) is 0.239. The number of ether oxygens (including phenoxy) is 1. The molecule has 0 bridgehead atoms. The van der Waals surface area contributed by atoms with Crippen LogP contribution in [0, 0.1) is 5.92 Å². The van der Waals surface area contributed by atoms with Crippen LogP contribution >= 0.6 is 11.8 Å². The van der Waals surface area contributed by atoms with Crippen LogP contribution in [-0.4, -0.2) is 35.8 Å². The van der Waals surface area contributed by atoms with Gasteiger partial charge in [0.05, 0.1) is 5.60 Å². The van der Waals surface area contributed by atoms with Crippen LogP contribution in [0.4, 0.5) is 0 Å². The SMILES string of the molecule is CC1CCC(NC2CCOC3(CCSCC3)C2)CC1. The zero-order valence-corrected chi connectivity index (χ0v) is 13.1.